The van der Waals surface area contributed by atoms with Crippen LogP contribution in [0.5, 0.6) is 0 Å². The van der Waals surface area contributed by atoms with Crippen molar-refractivity contribution < 1.29 is 9.53 Å². The molecule has 1 atom stereocenters. The SMILES string of the molecule is CC(C)(C)CCC1CCOC1=O. The van der Waals surface area contributed by atoms with Gasteiger partial charge >= 0.3 is 5.97 Å². The lowest BCUT2D eigenvalue weighted by Gasteiger charge is -2.18. The summed E-state index contributed by atoms with van der Waals surface area (Å²) in [4.78, 5) is 11.1. The Labute approximate surface area is 74.3 Å². The molecule has 1 aliphatic heterocycles. The highest BCUT2D eigenvalue weighted by Crippen LogP contribution is 2.27. The number of carbonyl (C=O) groups is 1. The molecule has 0 aromatic heterocycles. The topological polar surface area (TPSA) is 26.3 Å². The molecule has 0 aromatic rings. The van der Waals surface area contributed by atoms with Crippen LogP contribution in [0.1, 0.15) is 40.0 Å². The monoisotopic (exact) mass is 170 g/mol. The molecule has 70 valence electrons. The minimum absolute atomic E-state index is 0.0132. The van der Waals surface area contributed by atoms with Crippen molar-refractivity contribution in [2.24, 2.45) is 11.3 Å². The number of esters is 1. The molecule has 1 aliphatic rings. The molecule has 1 unspecified atom stereocenters. The molecular formula is C10H18O2. The Morgan fingerprint density at radius 1 is 1.50 bits per heavy atom. The van der Waals surface area contributed by atoms with Gasteiger partial charge in [-0.15, -0.1) is 0 Å². The standard InChI is InChI=1S/C10H18O2/c1-10(2,3)6-4-8-5-7-12-9(8)11/h8H,4-7H2,1-3H3. The number of cyclic esters (lactones) is 1. The highest BCUT2D eigenvalue weighted by molar-refractivity contribution is 5.73. The smallest absolute Gasteiger partial charge is 0.309 e. The highest BCUT2D eigenvalue weighted by Gasteiger charge is 2.27. The van der Waals surface area contributed by atoms with Crippen LogP contribution in [0.3, 0.4) is 0 Å². The second-order valence-corrected chi connectivity index (χ2v) is 4.75. The summed E-state index contributed by atoms with van der Waals surface area (Å²) in [6, 6.07) is 0. The van der Waals surface area contributed by atoms with E-state index in [1.54, 1.807) is 0 Å². The van der Waals surface area contributed by atoms with Crippen molar-refractivity contribution in [3.8, 4) is 0 Å². The van der Waals surface area contributed by atoms with E-state index in [4.69, 9.17) is 4.74 Å². The van der Waals surface area contributed by atoms with Crippen LogP contribution in [-0.2, 0) is 9.53 Å². The molecule has 0 N–H and O–H groups in total. The lowest BCUT2D eigenvalue weighted by molar-refractivity contribution is -0.141. The van der Waals surface area contributed by atoms with Crippen molar-refractivity contribution >= 4 is 5.97 Å². The molecular weight excluding hydrogens is 152 g/mol. The van der Waals surface area contributed by atoms with Gasteiger partial charge < -0.3 is 4.74 Å². The first-order valence-electron chi connectivity index (χ1n) is 4.66. The molecule has 0 radical (unpaired) electrons. The van der Waals surface area contributed by atoms with E-state index in [0.717, 1.165) is 19.3 Å². The van der Waals surface area contributed by atoms with Crippen molar-refractivity contribution in [3.05, 3.63) is 0 Å². The zero-order valence-electron chi connectivity index (χ0n) is 8.22. The minimum Gasteiger partial charge on any atom is -0.465 e. The molecule has 1 rings (SSSR count). The maximum Gasteiger partial charge on any atom is 0.309 e. The van der Waals surface area contributed by atoms with Crippen LogP contribution >= 0.6 is 0 Å². The summed E-state index contributed by atoms with van der Waals surface area (Å²) >= 11 is 0. The average Bonchev–Trinajstić information content (AvgIpc) is 2.29. The maximum absolute atomic E-state index is 11.1. The molecule has 1 heterocycles. The first-order chi connectivity index (χ1) is 5.49. The minimum atomic E-state index is 0.0132. The Kier molecular flexibility index (Phi) is 2.76. The van der Waals surface area contributed by atoms with Crippen LogP contribution in [0.25, 0.3) is 0 Å². The van der Waals surface area contributed by atoms with Gasteiger partial charge in [0.1, 0.15) is 0 Å². The van der Waals surface area contributed by atoms with Crippen molar-refractivity contribution in [3.63, 3.8) is 0 Å². The number of carbonyl (C=O) groups excluding carboxylic acids is 1. The van der Waals surface area contributed by atoms with E-state index in [2.05, 4.69) is 20.8 Å². The zero-order chi connectivity index (χ0) is 9.19. The first-order valence-corrected chi connectivity index (χ1v) is 4.66. The van der Waals surface area contributed by atoms with E-state index in [9.17, 15) is 4.79 Å². The Morgan fingerprint density at radius 2 is 2.17 bits per heavy atom. The van der Waals surface area contributed by atoms with Crippen molar-refractivity contribution in [2.45, 2.75) is 40.0 Å². The summed E-state index contributed by atoms with van der Waals surface area (Å²) in [5, 5.41) is 0. The highest BCUT2D eigenvalue weighted by atomic mass is 16.5. The molecule has 0 aliphatic carbocycles. The average molecular weight is 170 g/mol. The summed E-state index contributed by atoms with van der Waals surface area (Å²) in [6.07, 6.45) is 3.02. The van der Waals surface area contributed by atoms with E-state index < -0.39 is 0 Å². The summed E-state index contributed by atoms with van der Waals surface area (Å²) in [5.41, 5.74) is 0.336. The Balaban J connectivity index is 2.27. The third-order valence-electron chi connectivity index (χ3n) is 2.29. The molecule has 2 heteroatoms. The number of rotatable bonds is 2. The van der Waals surface area contributed by atoms with Gasteiger partial charge in [-0.2, -0.15) is 0 Å². The fourth-order valence-corrected chi connectivity index (χ4v) is 1.41. The second-order valence-electron chi connectivity index (χ2n) is 4.75. The van der Waals surface area contributed by atoms with Crippen molar-refractivity contribution in [2.75, 3.05) is 6.61 Å². The fraction of sp³-hybridized carbons (Fsp3) is 0.900. The molecule has 0 saturated carbocycles. The predicted molar refractivity (Wildman–Crippen MR) is 47.8 cm³/mol. The van der Waals surface area contributed by atoms with Gasteiger partial charge in [-0.05, 0) is 24.7 Å². The quantitative estimate of drug-likeness (QED) is 0.595. The second kappa shape index (κ2) is 3.46. The Morgan fingerprint density at radius 3 is 2.58 bits per heavy atom. The largest absolute Gasteiger partial charge is 0.465 e. The van der Waals surface area contributed by atoms with Gasteiger partial charge in [0, 0.05) is 0 Å². The molecule has 1 fully saturated rings. The van der Waals surface area contributed by atoms with Crippen LogP contribution in [0, 0.1) is 11.3 Å². The van der Waals surface area contributed by atoms with Crippen LogP contribution in [-0.4, -0.2) is 12.6 Å². The molecule has 0 bridgehead atoms. The Hall–Kier alpha value is -0.530. The van der Waals surface area contributed by atoms with Gasteiger partial charge in [0.15, 0.2) is 0 Å². The van der Waals surface area contributed by atoms with Gasteiger partial charge in [-0.25, -0.2) is 0 Å². The van der Waals surface area contributed by atoms with Crippen LogP contribution < -0.4 is 0 Å². The normalized spacial score (nSPS) is 24.2. The van der Waals surface area contributed by atoms with Crippen molar-refractivity contribution in [1.29, 1.82) is 0 Å². The summed E-state index contributed by atoms with van der Waals surface area (Å²) in [7, 11) is 0. The molecule has 0 spiro atoms. The van der Waals surface area contributed by atoms with Crippen molar-refractivity contribution in [1.82, 2.24) is 0 Å². The Bertz CT molecular complexity index is 167. The van der Waals surface area contributed by atoms with Gasteiger partial charge in [0.05, 0.1) is 12.5 Å². The van der Waals surface area contributed by atoms with Gasteiger partial charge in [-0.1, -0.05) is 20.8 Å². The molecule has 0 amide bonds. The van der Waals surface area contributed by atoms with E-state index in [-0.39, 0.29) is 11.9 Å². The third kappa shape index (κ3) is 2.84. The number of hydrogen-bond acceptors (Lipinski definition) is 2. The van der Waals surface area contributed by atoms with E-state index in [1.165, 1.54) is 0 Å². The molecule has 12 heavy (non-hydrogen) atoms. The van der Waals surface area contributed by atoms with E-state index >= 15 is 0 Å². The zero-order valence-corrected chi connectivity index (χ0v) is 8.22. The molecule has 0 aromatic carbocycles. The summed E-state index contributed by atoms with van der Waals surface area (Å²) < 4.78 is 4.89. The lowest BCUT2D eigenvalue weighted by atomic mass is 9.86. The lowest BCUT2D eigenvalue weighted by Crippen LogP contribution is -2.12. The van der Waals surface area contributed by atoms with Gasteiger partial charge in [0.25, 0.3) is 0 Å². The fourth-order valence-electron chi connectivity index (χ4n) is 1.41. The maximum atomic E-state index is 11.1. The number of hydrogen-bond donors (Lipinski definition) is 0. The van der Waals surface area contributed by atoms with Crippen LogP contribution in [0.2, 0.25) is 0 Å². The number of ether oxygens (including phenoxy) is 1. The predicted octanol–water partition coefficient (Wildman–Crippen LogP) is 2.38. The van der Waals surface area contributed by atoms with Gasteiger partial charge in [-0.3, -0.25) is 4.79 Å². The summed E-state index contributed by atoms with van der Waals surface area (Å²) in [5.74, 6) is 0.198. The van der Waals surface area contributed by atoms with E-state index in [1.807, 2.05) is 0 Å². The third-order valence-corrected chi connectivity index (χ3v) is 2.29. The summed E-state index contributed by atoms with van der Waals surface area (Å²) in [6.45, 7) is 7.24. The van der Waals surface area contributed by atoms with Crippen LogP contribution in [0.15, 0.2) is 0 Å². The van der Waals surface area contributed by atoms with E-state index in [0.29, 0.717) is 12.0 Å². The first kappa shape index (κ1) is 9.56. The molecule has 2 nitrogen and oxygen atoms in total. The van der Waals surface area contributed by atoms with Crippen LogP contribution in [0.4, 0.5) is 0 Å². The molecule has 1 saturated heterocycles. The van der Waals surface area contributed by atoms with Gasteiger partial charge in [0.2, 0.25) is 0 Å².